The number of ketones is 1. The maximum atomic E-state index is 12.5. The second-order valence-corrected chi connectivity index (χ2v) is 2.65. The summed E-state index contributed by atoms with van der Waals surface area (Å²) >= 11 is 0. The van der Waals surface area contributed by atoms with Crippen LogP contribution in [0.2, 0.25) is 0 Å². The van der Waals surface area contributed by atoms with Crippen molar-refractivity contribution in [1.29, 1.82) is 0 Å². The van der Waals surface area contributed by atoms with Crippen molar-refractivity contribution < 1.29 is 14.0 Å². The number of aliphatic imine (C=N–C) groups is 1. The lowest BCUT2D eigenvalue weighted by Gasteiger charge is -1.97. The predicted molar refractivity (Wildman–Crippen MR) is 48.3 cm³/mol. The number of carbonyl (C=O) groups is 1. The first-order valence-electron chi connectivity index (χ1n) is 4.06. The average Bonchev–Trinajstić information content (AvgIpc) is 2.19. The predicted octanol–water partition coefficient (Wildman–Crippen LogP) is 1.73. The van der Waals surface area contributed by atoms with Gasteiger partial charge in [-0.1, -0.05) is 0 Å². The highest BCUT2D eigenvalue weighted by molar-refractivity contribution is 5.96. The van der Waals surface area contributed by atoms with E-state index in [1.807, 2.05) is 0 Å². The van der Waals surface area contributed by atoms with E-state index in [4.69, 9.17) is 0 Å². The zero-order valence-electron chi connectivity index (χ0n) is 7.37. The van der Waals surface area contributed by atoms with Crippen LogP contribution in [0, 0.1) is 5.82 Å². The maximum absolute atomic E-state index is 12.5. The first-order chi connectivity index (χ1) is 6.74. The minimum absolute atomic E-state index is 0.125. The Balaban J connectivity index is 2.60. The molecule has 0 aromatic heterocycles. The van der Waals surface area contributed by atoms with E-state index in [2.05, 4.69) is 4.99 Å². The van der Waals surface area contributed by atoms with E-state index < -0.39 is 0 Å². The summed E-state index contributed by atoms with van der Waals surface area (Å²) in [6.07, 6.45) is 1.49. The van der Waals surface area contributed by atoms with Crippen LogP contribution in [-0.2, 0) is 4.79 Å². The largest absolute Gasteiger partial charge is 0.294 e. The molecule has 0 bridgehead atoms. The van der Waals surface area contributed by atoms with Crippen LogP contribution in [0.25, 0.3) is 0 Å². The van der Waals surface area contributed by atoms with E-state index in [1.54, 1.807) is 0 Å². The fraction of sp³-hybridized carbons (Fsp3) is 0.200. The Hall–Kier alpha value is -1.80. The number of nitrogens with zero attached hydrogens (tertiary/aromatic N) is 1. The average molecular weight is 193 g/mol. The monoisotopic (exact) mass is 193 g/mol. The van der Waals surface area contributed by atoms with E-state index in [1.165, 1.54) is 30.3 Å². The molecule has 0 spiro atoms. The topological polar surface area (TPSA) is 46.5 Å². The molecule has 0 aliphatic rings. The van der Waals surface area contributed by atoms with Crippen molar-refractivity contribution in [2.45, 2.75) is 6.42 Å². The third kappa shape index (κ3) is 2.92. The molecule has 0 heterocycles. The minimum atomic E-state index is -0.382. The first kappa shape index (κ1) is 10.3. The number of isocyanates is 1. The Morgan fingerprint density at radius 1 is 1.36 bits per heavy atom. The fourth-order valence-electron chi connectivity index (χ4n) is 0.983. The second-order valence-electron chi connectivity index (χ2n) is 2.65. The number of halogens is 1. The van der Waals surface area contributed by atoms with Crippen molar-refractivity contribution in [3.05, 3.63) is 35.6 Å². The summed E-state index contributed by atoms with van der Waals surface area (Å²) in [4.78, 5) is 24.3. The van der Waals surface area contributed by atoms with Gasteiger partial charge in [0.2, 0.25) is 6.08 Å². The zero-order chi connectivity index (χ0) is 10.4. The van der Waals surface area contributed by atoms with Crippen molar-refractivity contribution in [3.8, 4) is 0 Å². The smallest absolute Gasteiger partial charge is 0.234 e. The van der Waals surface area contributed by atoms with E-state index in [-0.39, 0.29) is 24.6 Å². The summed E-state index contributed by atoms with van der Waals surface area (Å²) in [5.41, 5.74) is 0.424. The van der Waals surface area contributed by atoms with Gasteiger partial charge in [-0.2, -0.15) is 0 Å². The number of hydrogen-bond donors (Lipinski definition) is 0. The molecule has 4 heteroatoms. The third-order valence-electron chi connectivity index (χ3n) is 1.68. The van der Waals surface area contributed by atoms with Crippen molar-refractivity contribution in [1.82, 2.24) is 0 Å². The van der Waals surface area contributed by atoms with Crippen LogP contribution in [-0.4, -0.2) is 18.4 Å². The van der Waals surface area contributed by atoms with Gasteiger partial charge >= 0.3 is 0 Å². The third-order valence-corrected chi connectivity index (χ3v) is 1.68. The minimum Gasteiger partial charge on any atom is -0.294 e. The first-order valence-corrected chi connectivity index (χ1v) is 4.06. The Morgan fingerprint density at radius 3 is 2.57 bits per heavy atom. The van der Waals surface area contributed by atoms with Crippen LogP contribution in [0.4, 0.5) is 4.39 Å². The Bertz CT molecular complexity index is 366. The van der Waals surface area contributed by atoms with E-state index in [0.717, 1.165) is 0 Å². The molecule has 0 N–H and O–H groups in total. The summed E-state index contributed by atoms with van der Waals surface area (Å²) in [6.45, 7) is 0.125. The summed E-state index contributed by atoms with van der Waals surface area (Å²) in [5, 5.41) is 0. The zero-order valence-corrected chi connectivity index (χ0v) is 7.37. The highest BCUT2D eigenvalue weighted by atomic mass is 19.1. The Kier molecular flexibility index (Phi) is 3.70. The molecule has 0 saturated heterocycles. The lowest BCUT2D eigenvalue weighted by molar-refractivity contribution is 0.0985. The molecule has 14 heavy (non-hydrogen) atoms. The van der Waals surface area contributed by atoms with Crippen LogP contribution in [0.1, 0.15) is 16.8 Å². The summed E-state index contributed by atoms with van der Waals surface area (Å²) < 4.78 is 12.5. The van der Waals surface area contributed by atoms with Gasteiger partial charge in [0.15, 0.2) is 5.78 Å². The van der Waals surface area contributed by atoms with Gasteiger partial charge in [-0.25, -0.2) is 14.2 Å². The van der Waals surface area contributed by atoms with Crippen LogP contribution >= 0.6 is 0 Å². The number of hydrogen-bond acceptors (Lipinski definition) is 3. The van der Waals surface area contributed by atoms with Crippen molar-refractivity contribution >= 4 is 11.9 Å². The summed E-state index contributed by atoms with van der Waals surface area (Å²) in [5.74, 6) is -0.545. The SMILES string of the molecule is O=C=NCCC(=O)c1ccc(F)cc1. The van der Waals surface area contributed by atoms with Gasteiger partial charge in [-0.3, -0.25) is 4.79 Å². The van der Waals surface area contributed by atoms with Crippen molar-refractivity contribution in [2.24, 2.45) is 4.99 Å². The Labute approximate surface area is 80.3 Å². The van der Waals surface area contributed by atoms with E-state index >= 15 is 0 Å². The molecule has 0 aliphatic heterocycles. The van der Waals surface area contributed by atoms with Crippen LogP contribution in [0.15, 0.2) is 29.3 Å². The molecule has 3 nitrogen and oxygen atoms in total. The number of benzene rings is 1. The van der Waals surface area contributed by atoms with E-state index in [9.17, 15) is 14.0 Å². The molecule has 72 valence electrons. The molecular formula is C10H8FNO2. The van der Waals surface area contributed by atoms with Crippen LogP contribution in [0.3, 0.4) is 0 Å². The van der Waals surface area contributed by atoms with Gasteiger partial charge < -0.3 is 0 Å². The lowest BCUT2D eigenvalue weighted by Crippen LogP contribution is -2.00. The van der Waals surface area contributed by atoms with Gasteiger partial charge in [-0.05, 0) is 24.3 Å². The lowest BCUT2D eigenvalue weighted by atomic mass is 10.1. The van der Waals surface area contributed by atoms with E-state index in [0.29, 0.717) is 5.56 Å². The summed E-state index contributed by atoms with van der Waals surface area (Å²) in [6, 6.07) is 5.25. The summed E-state index contributed by atoms with van der Waals surface area (Å²) in [7, 11) is 0. The molecule has 0 radical (unpaired) electrons. The second kappa shape index (κ2) is 5.04. The molecule has 0 atom stereocenters. The highest BCUT2D eigenvalue weighted by Gasteiger charge is 2.04. The quantitative estimate of drug-likeness (QED) is 0.415. The van der Waals surface area contributed by atoms with Gasteiger partial charge in [0.25, 0.3) is 0 Å². The molecule has 0 unspecified atom stereocenters. The molecule has 1 rings (SSSR count). The molecule has 0 saturated carbocycles. The van der Waals surface area contributed by atoms with Crippen molar-refractivity contribution in [3.63, 3.8) is 0 Å². The Morgan fingerprint density at radius 2 is 2.00 bits per heavy atom. The normalized spacial score (nSPS) is 9.21. The molecule has 0 aliphatic carbocycles. The molecule has 1 aromatic carbocycles. The van der Waals surface area contributed by atoms with Crippen LogP contribution < -0.4 is 0 Å². The van der Waals surface area contributed by atoms with Gasteiger partial charge in [-0.15, -0.1) is 0 Å². The van der Waals surface area contributed by atoms with Crippen molar-refractivity contribution in [2.75, 3.05) is 6.54 Å². The maximum Gasteiger partial charge on any atom is 0.234 e. The number of rotatable bonds is 4. The molecule has 0 fully saturated rings. The highest BCUT2D eigenvalue weighted by Crippen LogP contribution is 2.05. The molecule has 0 amide bonds. The standard InChI is InChI=1S/C10H8FNO2/c11-9-3-1-8(2-4-9)10(14)5-6-12-7-13/h1-4H,5-6H2. The van der Waals surface area contributed by atoms with Gasteiger partial charge in [0, 0.05) is 12.0 Å². The number of Topliss-reactive ketones (excluding diaryl/α,β-unsaturated/α-hetero) is 1. The molecular weight excluding hydrogens is 185 g/mol. The van der Waals surface area contributed by atoms with Gasteiger partial charge in [0.05, 0.1) is 6.54 Å². The fourth-order valence-corrected chi connectivity index (χ4v) is 0.983. The van der Waals surface area contributed by atoms with Crippen LogP contribution in [0.5, 0.6) is 0 Å². The molecule has 1 aromatic rings. The van der Waals surface area contributed by atoms with Gasteiger partial charge in [0.1, 0.15) is 5.82 Å². The number of carbonyl (C=O) groups excluding carboxylic acids is 2.